The monoisotopic (exact) mass is 320 g/mol. The molecular weight excluding hydrogens is 304 g/mol. The van der Waals surface area contributed by atoms with Crippen LogP contribution < -0.4 is 4.72 Å². The SMILES string of the molecule is CC(C)NS(=O)(=O)c1ccc(-c2ccc([N+](=O)[O-])cc2)cc1. The van der Waals surface area contributed by atoms with E-state index in [0.717, 1.165) is 11.1 Å². The Morgan fingerprint density at radius 3 is 1.82 bits per heavy atom. The second-order valence-corrected chi connectivity index (χ2v) is 6.82. The van der Waals surface area contributed by atoms with E-state index in [-0.39, 0.29) is 16.6 Å². The van der Waals surface area contributed by atoms with E-state index in [1.54, 1.807) is 38.1 Å². The molecule has 0 saturated carbocycles. The number of nitro groups is 1. The highest BCUT2D eigenvalue weighted by atomic mass is 32.2. The van der Waals surface area contributed by atoms with Crippen molar-refractivity contribution in [3.05, 3.63) is 58.6 Å². The van der Waals surface area contributed by atoms with Gasteiger partial charge in [0.1, 0.15) is 0 Å². The van der Waals surface area contributed by atoms with Gasteiger partial charge in [0.15, 0.2) is 0 Å². The molecule has 0 heterocycles. The zero-order valence-corrected chi connectivity index (χ0v) is 13.0. The Hall–Kier alpha value is -2.25. The summed E-state index contributed by atoms with van der Waals surface area (Å²) in [7, 11) is -3.52. The van der Waals surface area contributed by atoms with E-state index in [2.05, 4.69) is 4.72 Å². The number of rotatable bonds is 5. The fourth-order valence-electron chi connectivity index (χ4n) is 1.98. The molecule has 0 spiro atoms. The minimum Gasteiger partial charge on any atom is -0.258 e. The summed E-state index contributed by atoms with van der Waals surface area (Å²) in [5, 5.41) is 10.6. The second kappa shape index (κ2) is 6.25. The summed E-state index contributed by atoms with van der Waals surface area (Å²) in [5.41, 5.74) is 1.59. The lowest BCUT2D eigenvalue weighted by Crippen LogP contribution is -2.30. The maximum Gasteiger partial charge on any atom is 0.269 e. The largest absolute Gasteiger partial charge is 0.269 e. The van der Waals surface area contributed by atoms with Crippen molar-refractivity contribution >= 4 is 15.7 Å². The summed E-state index contributed by atoms with van der Waals surface area (Å²) in [5.74, 6) is 0. The van der Waals surface area contributed by atoms with Gasteiger partial charge in [-0.2, -0.15) is 0 Å². The highest BCUT2D eigenvalue weighted by molar-refractivity contribution is 7.89. The van der Waals surface area contributed by atoms with Gasteiger partial charge < -0.3 is 0 Å². The lowest BCUT2D eigenvalue weighted by Gasteiger charge is -2.10. The van der Waals surface area contributed by atoms with E-state index in [4.69, 9.17) is 0 Å². The molecule has 0 aliphatic heterocycles. The Balaban J connectivity index is 2.27. The minimum absolute atomic E-state index is 0.0177. The average molecular weight is 320 g/mol. The number of benzene rings is 2. The molecule has 0 saturated heterocycles. The molecule has 2 aromatic carbocycles. The first-order valence-electron chi connectivity index (χ1n) is 6.67. The van der Waals surface area contributed by atoms with Gasteiger partial charge in [-0.05, 0) is 49.2 Å². The fraction of sp³-hybridized carbons (Fsp3) is 0.200. The molecule has 0 fully saturated rings. The number of non-ortho nitro benzene ring substituents is 1. The van der Waals surface area contributed by atoms with Crippen LogP contribution in [0.5, 0.6) is 0 Å². The molecule has 22 heavy (non-hydrogen) atoms. The Labute approximate surface area is 129 Å². The van der Waals surface area contributed by atoms with E-state index < -0.39 is 14.9 Å². The molecule has 116 valence electrons. The molecule has 0 atom stereocenters. The first-order chi connectivity index (χ1) is 10.3. The van der Waals surface area contributed by atoms with Crippen LogP contribution in [0.15, 0.2) is 53.4 Å². The van der Waals surface area contributed by atoms with Gasteiger partial charge in [0.05, 0.1) is 9.82 Å². The molecule has 0 amide bonds. The molecule has 0 aromatic heterocycles. The third kappa shape index (κ3) is 3.69. The summed E-state index contributed by atoms with van der Waals surface area (Å²) in [4.78, 5) is 10.3. The van der Waals surface area contributed by atoms with Crippen LogP contribution >= 0.6 is 0 Å². The van der Waals surface area contributed by atoms with Crippen LogP contribution in [-0.4, -0.2) is 19.4 Å². The van der Waals surface area contributed by atoms with Gasteiger partial charge in [0.2, 0.25) is 10.0 Å². The summed E-state index contributed by atoms with van der Waals surface area (Å²) in [6, 6.07) is 12.3. The number of hydrogen-bond acceptors (Lipinski definition) is 4. The van der Waals surface area contributed by atoms with Crippen molar-refractivity contribution in [3.8, 4) is 11.1 Å². The van der Waals surface area contributed by atoms with Crippen molar-refractivity contribution < 1.29 is 13.3 Å². The molecule has 1 N–H and O–H groups in total. The highest BCUT2D eigenvalue weighted by Gasteiger charge is 2.15. The Morgan fingerprint density at radius 2 is 1.41 bits per heavy atom. The normalized spacial score (nSPS) is 11.6. The van der Waals surface area contributed by atoms with Crippen LogP contribution in [0.4, 0.5) is 5.69 Å². The maximum atomic E-state index is 12.0. The molecule has 7 heteroatoms. The van der Waals surface area contributed by atoms with Crippen LogP contribution in [0, 0.1) is 10.1 Å². The van der Waals surface area contributed by atoms with E-state index in [1.165, 1.54) is 24.3 Å². The van der Waals surface area contributed by atoms with Gasteiger partial charge in [-0.25, -0.2) is 13.1 Å². The first-order valence-corrected chi connectivity index (χ1v) is 8.15. The van der Waals surface area contributed by atoms with Gasteiger partial charge in [-0.3, -0.25) is 10.1 Å². The topological polar surface area (TPSA) is 89.3 Å². The Bertz CT molecular complexity index is 766. The number of nitrogens with zero attached hydrogens (tertiary/aromatic N) is 1. The van der Waals surface area contributed by atoms with Crippen LogP contribution in [-0.2, 0) is 10.0 Å². The van der Waals surface area contributed by atoms with Crippen molar-refractivity contribution in [1.29, 1.82) is 0 Å². The van der Waals surface area contributed by atoms with Crippen LogP contribution in [0.25, 0.3) is 11.1 Å². The lowest BCUT2D eigenvalue weighted by atomic mass is 10.1. The first kappa shape index (κ1) is 16.1. The molecule has 2 aromatic rings. The summed E-state index contributed by atoms with van der Waals surface area (Å²) >= 11 is 0. The van der Waals surface area contributed by atoms with E-state index in [0.29, 0.717) is 0 Å². The number of hydrogen-bond donors (Lipinski definition) is 1. The smallest absolute Gasteiger partial charge is 0.258 e. The molecule has 6 nitrogen and oxygen atoms in total. The van der Waals surface area contributed by atoms with Crippen molar-refractivity contribution in [1.82, 2.24) is 4.72 Å². The van der Waals surface area contributed by atoms with Crippen LogP contribution in [0.2, 0.25) is 0 Å². The Kier molecular flexibility index (Phi) is 4.58. The number of sulfonamides is 1. The summed E-state index contributed by atoms with van der Waals surface area (Å²) < 4.78 is 26.6. The van der Waals surface area contributed by atoms with Gasteiger partial charge in [0.25, 0.3) is 5.69 Å². The molecule has 0 aliphatic rings. The molecule has 0 bridgehead atoms. The van der Waals surface area contributed by atoms with Crippen molar-refractivity contribution in [3.63, 3.8) is 0 Å². The third-order valence-electron chi connectivity index (χ3n) is 2.97. The molecule has 0 unspecified atom stereocenters. The second-order valence-electron chi connectivity index (χ2n) is 5.10. The van der Waals surface area contributed by atoms with Crippen LogP contribution in [0.1, 0.15) is 13.8 Å². The average Bonchev–Trinajstić information content (AvgIpc) is 2.46. The summed E-state index contributed by atoms with van der Waals surface area (Å²) in [6.45, 7) is 3.51. The number of nitrogens with one attached hydrogen (secondary N) is 1. The van der Waals surface area contributed by atoms with Gasteiger partial charge in [-0.15, -0.1) is 0 Å². The zero-order chi connectivity index (χ0) is 16.3. The van der Waals surface area contributed by atoms with Gasteiger partial charge >= 0.3 is 0 Å². The standard InChI is InChI=1S/C15H16N2O4S/c1-11(2)16-22(20,21)15-9-5-13(6-10-15)12-3-7-14(8-4-12)17(18)19/h3-11,16H,1-2H3. The lowest BCUT2D eigenvalue weighted by molar-refractivity contribution is -0.384. The quantitative estimate of drug-likeness (QED) is 0.677. The van der Waals surface area contributed by atoms with E-state index in [9.17, 15) is 18.5 Å². The van der Waals surface area contributed by atoms with Gasteiger partial charge in [0, 0.05) is 18.2 Å². The van der Waals surface area contributed by atoms with E-state index >= 15 is 0 Å². The van der Waals surface area contributed by atoms with Crippen LogP contribution in [0.3, 0.4) is 0 Å². The predicted molar refractivity (Wildman–Crippen MR) is 84.0 cm³/mol. The van der Waals surface area contributed by atoms with Crippen molar-refractivity contribution in [2.24, 2.45) is 0 Å². The summed E-state index contributed by atoms with van der Waals surface area (Å²) in [6.07, 6.45) is 0. The van der Waals surface area contributed by atoms with Gasteiger partial charge in [-0.1, -0.05) is 12.1 Å². The van der Waals surface area contributed by atoms with E-state index in [1.807, 2.05) is 0 Å². The molecule has 0 aliphatic carbocycles. The molecular formula is C15H16N2O4S. The fourth-order valence-corrected chi connectivity index (χ4v) is 3.23. The Morgan fingerprint density at radius 1 is 0.955 bits per heavy atom. The molecule has 0 radical (unpaired) electrons. The highest BCUT2D eigenvalue weighted by Crippen LogP contribution is 2.23. The predicted octanol–water partition coefficient (Wildman–Crippen LogP) is 2.95. The zero-order valence-electron chi connectivity index (χ0n) is 12.2. The third-order valence-corrected chi connectivity index (χ3v) is 4.64. The molecule has 2 rings (SSSR count). The minimum atomic E-state index is -3.52. The van der Waals surface area contributed by atoms with Crippen molar-refractivity contribution in [2.75, 3.05) is 0 Å². The maximum absolute atomic E-state index is 12.0. The number of nitro benzene ring substituents is 1. The van der Waals surface area contributed by atoms with Crippen molar-refractivity contribution in [2.45, 2.75) is 24.8 Å².